The van der Waals surface area contributed by atoms with Gasteiger partial charge in [0.05, 0.1) is 18.7 Å². The van der Waals surface area contributed by atoms with Crippen LogP contribution in [0.4, 0.5) is 11.5 Å². The molecule has 0 radical (unpaired) electrons. The van der Waals surface area contributed by atoms with Gasteiger partial charge in [0.15, 0.2) is 5.82 Å². The third-order valence-electron chi connectivity index (χ3n) is 4.70. The predicted molar refractivity (Wildman–Crippen MR) is 106 cm³/mol. The molecule has 1 saturated heterocycles. The van der Waals surface area contributed by atoms with Crippen molar-refractivity contribution < 1.29 is 14.3 Å². The number of anilines is 2. The number of amides is 1. The maximum atomic E-state index is 12.8. The summed E-state index contributed by atoms with van der Waals surface area (Å²) in [5, 5.41) is 8.70. The molecular weight excluding hydrogens is 394 g/mol. The molecule has 29 heavy (non-hydrogen) atoms. The van der Waals surface area contributed by atoms with Gasteiger partial charge in [-0.2, -0.15) is 5.10 Å². The van der Waals surface area contributed by atoms with Crippen molar-refractivity contribution in [2.45, 2.75) is 12.8 Å². The van der Waals surface area contributed by atoms with Gasteiger partial charge in [0, 0.05) is 19.2 Å². The van der Waals surface area contributed by atoms with Crippen molar-refractivity contribution in [3.63, 3.8) is 0 Å². The Labute approximate surface area is 170 Å². The first kappa shape index (κ1) is 19.0. The molecule has 1 aliphatic rings. The number of nitrogens with zero attached hydrogens (tertiary/aromatic N) is 6. The summed E-state index contributed by atoms with van der Waals surface area (Å²) in [6, 6.07) is 3.54. The fourth-order valence-corrected chi connectivity index (χ4v) is 4.02. The number of rotatable bonds is 5. The van der Waals surface area contributed by atoms with Crippen molar-refractivity contribution in [3.8, 4) is 5.82 Å². The SMILES string of the molecule is COC(=O)c1sccc1NC(=O)C1CCCN(c2cc(-n3cncn3)ncn2)C1. The van der Waals surface area contributed by atoms with Gasteiger partial charge in [0.1, 0.15) is 29.7 Å². The van der Waals surface area contributed by atoms with Crippen molar-refractivity contribution in [2.75, 3.05) is 30.4 Å². The maximum Gasteiger partial charge on any atom is 0.350 e. The first-order valence-corrected chi connectivity index (χ1v) is 9.92. The number of carbonyl (C=O) groups excluding carboxylic acids is 2. The molecule has 1 amide bonds. The number of hydrogen-bond donors (Lipinski definition) is 1. The highest BCUT2D eigenvalue weighted by molar-refractivity contribution is 7.12. The molecule has 4 rings (SSSR count). The minimum Gasteiger partial charge on any atom is -0.465 e. The van der Waals surface area contributed by atoms with Gasteiger partial charge in [0.25, 0.3) is 0 Å². The molecule has 0 aromatic carbocycles. The zero-order valence-electron chi connectivity index (χ0n) is 15.7. The van der Waals surface area contributed by atoms with E-state index in [0.29, 0.717) is 22.9 Å². The fraction of sp³-hybridized carbons (Fsp3) is 0.333. The summed E-state index contributed by atoms with van der Waals surface area (Å²) in [5.74, 6) is 0.541. The third kappa shape index (κ3) is 4.09. The highest BCUT2D eigenvalue weighted by Gasteiger charge is 2.28. The molecule has 1 unspecified atom stereocenters. The van der Waals surface area contributed by atoms with E-state index in [-0.39, 0.29) is 11.8 Å². The highest BCUT2D eigenvalue weighted by atomic mass is 32.1. The van der Waals surface area contributed by atoms with E-state index in [2.05, 4.69) is 30.3 Å². The van der Waals surface area contributed by atoms with Crippen molar-refractivity contribution in [1.29, 1.82) is 0 Å². The summed E-state index contributed by atoms with van der Waals surface area (Å²) >= 11 is 1.24. The van der Waals surface area contributed by atoms with Crippen LogP contribution in [0.15, 0.2) is 36.5 Å². The largest absolute Gasteiger partial charge is 0.465 e. The second kappa shape index (κ2) is 8.35. The number of ether oxygens (including phenoxy) is 1. The quantitative estimate of drug-likeness (QED) is 0.629. The number of methoxy groups -OCH3 is 1. The normalized spacial score (nSPS) is 16.4. The van der Waals surface area contributed by atoms with Gasteiger partial charge in [-0.15, -0.1) is 11.3 Å². The number of piperidine rings is 1. The van der Waals surface area contributed by atoms with Crippen molar-refractivity contribution in [3.05, 3.63) is 41.4 Å². The molecule has 1 fully saturated rings. The Morgan fingerprint density at radius 3 is 2.93 bits per heavy atom. The van der Waals surface area contributed by atoms with Crippen LogP contribution in [0.1, 0.15) is 22.5 Å². The molecule has 1 atom stereocenters. The maximum absolute atomic E-state index is 12.8. The second-order valence-corrected chi connectivity index (χ2v) is 7.42. The average Bonchev–Trinajstić information content (AvgIpc) is 3.46. The number of carbonyl (C=O) groups is 2. The topological polar surface area (TPSA) is 115 Å². The monoisotopic (exact) mass is 413 g/mol. The van der Waals surface area contributed by atoms with Gasteiger partial charge >= 0.3 is 5.97 Å². The molecule has 0 spiro atoms. The minimum absolute atomic E-state index is 0.121. The lowest BCUT2D eigenvalue weighted by molar-refractivity contribution is -0.120. The van der Waals surface area contributed by atoms with Crippen LogP contribution in [0.2, 0.25) is 0 Å². The van der Waals surface area contributed by atoms with E-state index in [0.717, 1.165) is 25.2 Å². The van der Waals surface area contributed by atoms with Crippen molar-refractivity contribution >= 4 is 34.7 Å². The Bertz CT molecular complexity index is 1000. The van der Waals surface area contributed by atoms with Gasteiger partial charge < -0.3 is 15.0 Å². The molecule has 3 aromatic rings. The molecule has 0 saturated carbocycles. The molecule has 4 heterocycles. The third-order valence-corrected chi connectivity index (χ3v) is 5.60. The molecular formula is C18H19N7O3S. The Balaban J connectivity index is 1.46. The van der Waals surface area contributed by atoms with Gasteiger partial charge in [-0.3, -0.25) is 4.79 Å². The standard InChI is InChI=1S/C18H19N7O3S/c1-28-18(27)16-13(4-6-29-16)23-17(26)12-3-2-5-24(8-12)14-7-15(21-10-20-14)25-11-19-9-22-25/h4,6-7,9-12H,2-3,5,8H2,1H3,(H,23,26). The molecule has 10 nitrogen and oxygen atoms in total. The Hall–Kier alpha value is -3.34. The van der Waals surface area contributed by atoms with Crippen LogP contribution >= 0.6 is 11.3 Å². The van der Waals surface area contributed by atoms with Crippen LogP contribution in [0, 0.1) is 5.92 Å². The van der Waals surface area contributed by atoms with Crippen LogP contribution in [0.5, 0.6) is 0 Å². The number of hydrogen-bond acceptors (Lipinski definition) is 9. The van der Waals surface area contributed by atoms with E-state index in [1.807, 2.05) is 6.07 Å². The van der Waals surface area contributed by atoms with E-state index in [4.69, 9.17) is 4.74 Å². The van der Waals surface area contributed by atoms with Crippen molar-refractivity contribution in [2.24, 2.45) is 5.92 Å². The molecule has 1 N–H and O–H groups in total. The van der Waals surface area contributed by atoms with Crippen LogP contribution in [-0.2, 0) is 9.53 Å². The van der Waals surface area contributed by atoms with Gasteiger partial charge in [-0.1, -0.05) is 0 Å². The fourth-order valence-electron chi connectivity index (χ4n) is 3.25. The lowest BCUT2D eigenvalue weighted by Gasteiger charge is -2.32. The number of esters is 1. The molecule has 150 valence electrons. The van der Waals surface area contributed by atoms with E-state index in [1.165, 1.54) is 31.1 Å². The summed E-state index contributed by atoms with van der Waals surface area (Å²) in [6.45, 7) is 1.32. The average molecular weight is 413 g/mol. The van der Waals surface area contributed by atoms with Crippen LogP contribution in [-0.4, -0.2) is 56.8 Å². The molecule has 3 aromatic heterocycles. The number of nitrogens with one attached hydrogen (secondary N) is 1. The summed E-state index contributed by atoms with van der Waals surface area (Å²) < 4.78 is 6.33. The molecule has 0 aliphatic carbocycles. The number of aromatic nitrogens is 5. The van der Waals surface area contributed by atoms with Gasteiger partial charge in [0.2, 0.25) is 5.91 Å². The van der Waals surface area contributed by atoms with Crippen LogP contribution in [0.3, 0.4) is 0 Å². The zero-order chi connectivity index (χ0) is 20.2. The predicted octanol–water partition coefficient (Wildman–Crippen LogP) is 1.76. The van der Waals surface area contributed by atoms with Crippen LogP contribution in [0.25, 0.3) is 5.82 Å². The smallest absolute Gasteiger partial charge is 0.350 e. The molecule has 11 heteroatoms. The summed E-state index contributed by atoms with van der Waals surface area (Å²) in [5.41, 5.74) is 0.486. The minimum atomic E-state index is -0.456. The van der Waals surface area contributed by atoms with E-state index in [9.17, 15) is 9.59 Å². The second-order valence-electron chi connectivity index (χ2n) is 6.50. The number of thiophene rings is 1. The van der Waals surface area contributed by atoms with Gasteiger partial charge in [-0.05, 0) is 24.3 Å². The lowest BCUT2D eigenvalue weighted by Crippen LogP contribution is -2.41. The summed E-state index contributed by atoms with van der Waals surface area (Å²) in [4.78, 5) is 39.6. The summed E-state index contributed by atoms with van der Waals surface area (Å²) in [6.07, 6.45) is 6.10. The molecule has 0 bridgehead atoms. The Morgan fingerprint density at radius 2 is 2.14 bits per heavy atom. The Kier molecular flexibility index (Phi) is 5.47. The van der Waals surface area contributed by atoms with E-state index >= 15 is 0 Å². The first-order valence-electron chi connectivity index (χ1n) is 9.04. The Morgan fingerprint density at radius 1 is 1.28 bits per heavy atom. The molecule has 1 aliphatic heterocycles. The van der Waals surface area contributed by atoms with Crippen LogP contribution < -0.4 is 10.2 Å². The van der Waals surface area contributed by atoms with E-state index < -0.39 is 5.97 Å². The van der Waals surface area contributed by atoms with Gasteiger partial charge in [-0.25, -0.2) is 24.4 Å². The first-order chi connectivity index (χ1) is 14.2. The van der Waals surface area contributed by atoms with Crippen molar-refractivity contribution in [1.82, 2.24) is 24.7 Å². The highest BCUT2D eigenvalue weighted by Crippen LogP contribution is 2.27. The lowest BCUT2D eigenvalue weighted by atomic mass is 9.97. The summed E-state index contributed by atoms with van der Waals surface area (Å²) in [7, 11) is 1.32. The zero-order valence-corrected chi connectivity index (χ0v) is 16.5. The van der Waals surface area contributed by atoms with E-state index in [1.54, 1.807) is 22.5 Å².